The molecule has 0 aliphatic carbocycles. The molecule has 1 unspecified atom stereocenters. The van der Waals surface area contributed by atoms with E-state index in [1.807, 2.05) is 0 Å². The van der Waals surface area contributed by atoms with E-state index in [0.717, 1.165) is 0 Å². The van der Waals surface area contributed by atoms with Crippen LogP contribution in [0.3, 0.4) is 0 Å². The Bertz CT molecular complexity index is 667. The first-order valence-corrected chi connectivity index (χ1v) is 6.34. The molecule has 0 amide bonds. The van der Waals surface area contributed by atoms with Crippen LogP contribution in [-0.4, -0.2) is 20.5 Å². The van der Waals surface area contributed by atoms with E-state index in [0.29, 0.717) is 10.6 Å². The topological polar surface area (TPSA) is 78.0 Å². The Kier molecular flexibility index (Phi) is 4.06. The molecule has 20 heavy (non-hydrogen) atoms. The molecule has 0 saturated heterocycles. The molecule has 0 fully saturated rings. The van der Waals surface area contributed by atoms with Gasteiger partial charge in [-0.05, 0) is 36.1 Å². The number of carbonyl (C=O) groups is 1. The Balaban J connectivity index is 2.29. The third-order valence-corrected chi connectivity index (χ3v) is 3.27. The monoisotopic (exact) mass is 313 g/mol. The Morgan fingerprint density at radius 1 is 1.35 bits per heavy atom. The minimum atomic E-state index is -0.706. The van der Waals surface area contributed by atoms with Crippen molar-refractivity contribution in [3.05, 3.63) is 56.2 Å². The van der Waals surface area contributed by atoms with E-state index in [2.05, 4.69) is 5.10 Å². The Hall–Kier alpha value is -1.92. The molecule has 0 spiro atoms. The summed E-state index contributed by atoms with van der Waals surface area (Å²) in [6.07, 6.45) is 1.26. The summed E-state index contributed by atoms with van der Waals surface area (Å²) in [5.41, 5.74) is 0.441. The third-order valence-electron chi connectivity index (χ3n) is 2.75. The van der Waals surface area contributed by atoms with Crippen LogP contribution in [0.2, 0.25) is 10.0 Å². The van der Waals surface area contributed by atoms with Crippen molar-refractivity contribution in [1.29, 1.82) is 0 Å². The average Bonchev–Trinajstić information content (AvgIpc) is 2.80. The van der Waals surface area contributed by atoms with Crippen LogP contribution in [0.1, 0.15) is 23.3 Å². The summed E-state index contributed by atoms with van der Waals surface area (Å²) < 4.78 is 1.18. The molecule has 1 heterocycles. The van der Waals surface area contributed by atoms with Crippen molar-refractivity contribution in [3.8, 4) is 0 Å². The van der Waals surface area contributed by atoms with Crippen molar-refractivity contribution in [2.24, 2.45) is 0 Å². The highest BCUT2D eigenvalue weighted by atomic mass is 35.5. The van der Waals surface area contributed by atoms with Crippen molar-refractivity contribution >= 4 is 34.8 Å². The lowest BCUT2D eigenvalue weighted by Crippen LogP contribution is -2.17. The summed E-state index contributed by atoms with van der Waals surface area (Å²) in [4.78, 5) is 22.2. The highest BCUT2D eigenvalue weighted by Crippen LogP contribution is 2.25. The molecule has 0 aliphatic rings. The molecular formula is C12H9Cl2N3O3. The normalized spacial score (nSPS) is 12.2. The zero-order chi connectivity index (χ0) is 14.9. The van der Waals surface area contributed by atoms with Crippen LogP contribution in [0.25, 0.3) is 0 Å². The standard InChI is InChI=1S/C12H9Cl2N3O3/c1-7(11(18)8-2-4-9(13)5-3-8)16-6-10(14)12(15-16)17(19)20/h2-7H,1H3. The van der Waals surface area contributed by atoms with Gasteiger partial charge < -0.3 is 10.1 Å². The Labute approximate surface area is 124 Å². The van der Waals surface area contributed by atoms with Gasteiger partial charge in [-0.1, -0.05) is 23.2 Å². The van der Waals surface area contributed by atoms with Gasteiger partial charge in [0.25, 0.3) is 0 Å². The van der Waals surface area contributed by atoms with E-state index in [-0.39, 0.29) is 10.8 Å². The van der Waals surface area contributed by atoms with Gasteiger partial charge in [0.15, 0.2) is 10.8 Å². The van der Waals surface area contributed by atoms with Crippen LogP contribution in [0.4, 0.5) is 5.82 Å². The fraction of sp³-hybridized carbons (Fsp3) is 0.167. The molecule has 0 bridgehead atoms. The van der Waals surface area contributed by atoms with Crippen LogP contribution in [0.5, 0.6) is 0 Å². The van der Waals surface area contributed by atoms with Crippen molar-refractivity contribution in [3.63, 3.8) is 0 Å². The summed E-state index contributed by atoms with van der Waals surface area (Å²) >= 11 is 11.5. The molecule has 1 atom stereocenters. The van der Waals surface area contributed by atoms with E-state index in [1.54, 1.807) is 31.2 Å². The maximum atomic E-state index is 12.2. The maximum Gasteiger partial charge on any atom is 0.408 e. The highest BCUT2D eigenvalue weighted by molar-refractivity contribution is 6.32. The highest BCUT2D eigenvalue weighted by Gasteiger charge is 2.26. The van der Waals surface area contributed by atoms with Gasteiger partial charge in [0.2, 0.25) is 0 Å². The number of carbonyl (C=O) groups excluding carboxylic acids is 1. The second kappa shape index (κ2) is 5.60. The van der Waals surface area contributed by atoms with Crippen molar-refractivity contribution in [2.45, 2.75) is 13.0 Å². The first-order chi connectivity index (χ1) is 9.40. The first kappa shape index (κ1) is 14.5. The lowest BCUT2D eigenvalue weighted by Gasteiger charge is -2.07. The molecule has 0 saturated carbocycles. The van der Waals surface area contributed by atoms with Crippen molar-refractivity contribution in [2.75, 3.05) is 0 Å². The number of hydrogen-bond donors (Lipinski definition) is 0. The molecule has 2 aromatic rings. The molecule has 1 aromatic carbocycles. The number of ketones is 1. The average molecular weight is 314 g/mol. The number of nitro groups is 1. The van der Waals surface area contributed by atoms with Gasteiger partial charge >= 0.3 is 5.82 Å². The molecule has 6 nitrogen and oxygen atoms in total. The number of rotatable bonds is 4. The second-order valence-corrected chi connectivity index (χ2v) is 4.93. The van der Waals surface area contributed by atoms with Gasteiger partial charge in [-0.25, -0.2) is 0 Å². The summed E-state index contributed by atoms with van der Waals surface area (Å²) in [7, 11) is 0. The lowest BCUT2D eigenvalue weighted by molar-refractivity contribution is -0.389. The quantitative estimate of drug-likeness (QED) is 0.491. The predicted molar refractivity (Wildman–Crippen MR) is 74.4 cm³/mol. The molecule has 2 rings (SSSR count). The number of aromatic nitrogens is 2. The molecular weight excluding hydrogens is 305 g/mol. The summed E-state index contributed by atoms with van der Waals surface area (Å²) in [5, 5.41) is 14.8. The van der Waals surface area contributed by atoms with Gasteiger partial charge in [-0.2, -0.15) is 4.68 Å². The number of halogens is 2. The predicted octanol–water partition coefficient (Wildman–Crippen LogP) is 3.54. The maximum absolute atomic E-state index is 12.2. The lowest BCUT2D eigenvalue weighted by atomic mass is 10.1. The van der Waals surface area contributed by atoms with Crippen LogP contribution >= 0.6 is 23.2 Å². The molecule has 0 aliphatic heterocycles. The van der Waals surface area contributed by atoms with Gasteiger partial charge in [-0.3, -0.25) is 4.79 Å². The Morgan fingerprint density at radius 2 is 1.95 bits per heavy atom. The van der Waals surface area contributed by atoms with E-state index in [9.17, 15) is 14.9 Å². The SMILES string of the molecule is CC(C(=O)c1ccc(Cl)cc1)n1cc(Cl)c([N+](=O)[O-])n1. The van der Waals surface area contributed by atoms with Crippen LogP contribution < -0.4 is 0 Å². The molecule has 0 radical (unpaired) electrons. The third kappa shape index (κ3) is 2.81. The minimum Gasteiger partial charge on any atom is -0.358 e. The van der Waals surface area contributed by atoms with E-state index in [1.165, 1.54) is 10.9 Å². The first-order valence-electron chi connectivity index (χ1n) is 5.59. The number of nitrogens with zero attached hydrogens (tertiary/aromatic N) is 3. The van der Waals surface area contributed by atoms with Crippen molar-refractivity contribution in [1.82, 2.24) is 9.78 Å². The van der Waals surface area contributed by atoms with Gasteiger partial charge in [0, 0.05) is 10.6 Å². The zero-order valence-electron chi connectivity index (χ0n) is 10.3. The van der Waals surface area contributed by atoms with Crippen LogP contribution in [0, 0.1) is 10.1 Å². The number of benzene rings is 1. The summed E-state index contributed by atoms with van der Waals surface area (Å²) in [5.74, 6) is -0.710. The minimum absolute atomic E-state index is 0.106. The second-order valence-electron chi connectivity index (χ2n) is 4.08. The molecule has 8 heteroatoms. The number of hydrogen-bond acceptors (Lipinski definition) is 4. The van der Waals surface area contributed by atoms with Gasteiger partial charge in [-0.15, -0.1) is 0 Å². The largest absolute Gasteiger partial charge is 0.408 e. The molecule has 1 aromatic heterocycles. The number of Topliss-reactive ketones (excluding diaryl/α,β-unsaturated/α-hetero) is 1. The van der Waals surface area contributed by atoms with Gasteiger partial charge in [0.1, 0.15) is 6.04 Å². The van der Waals surface area contributed by atoms with Crippen LogP contribution in [-0.2, 0) is 0 Å². The molecule has 104 valence electrons. The van der Waals surface area contributed by atoms with E-state index < -0.39 is 16.8 Å². The summed E-state index contributed by atoms with van der Waals surface area (Å²) in [6, 6.07) is 5.66. The van der Waals surface area contributed by atoms with Crippen LogP contribution in [0.15, 0.2) is 30.5 Å². The summed E-state index contributed by atoms with van der Waals surface area (Å²) in [6.45, 7) is 1.59. The smallest absolute Gasteiger partial charge is 0.358 e. The van der Waals surface area contributed by atoms with E-state index in [4.69, 9.17) is 23.2 Å². The Morgan fingerprint density at radius 3 is 2.45 bits per heavy atom. The molecule has 0 N–H and O–H groups in total. The van der Waals surface area contributed by atoms with Gasteiger partial charge in [0.05, 0.1) is 11.3 Å². The zero-order valence-corrected chi connectivity index (χ0v) is 11.8. The van der Waals surface area contributed by atoms with E-state index >= 15 is 0 Å². The fourth-order valence-corrected chi connectivity index (χ4v) is 1.99. The van der Waals surface area contributed by atoms with Crippen molar-refractivity contribution < 1.29 is 9.72 Å². The fourth-order valence-electron chi connectivity index (χ4n) is 1.66.